The van der Waals surface area contributed by atoms with Gasteiger partial charge in [0.2, 0.25) is 0 Å². The smallest absolute Gasteiger partial charge is 0.120 e. The molecular formula is C5H11NOS. The third-order valence-corrected chi connectivity index (χ3v) is 2.89. The van der Waals surface area contributed by atoms with E-state index < -0.39 is 11.2 Å². The van der Waals surface area contributed by atoms with Gasteiger partial charge < -0.3 is 10.3 Å². The van der Waals surface area contributed by atoms with Gasteiger partial charge in [-0.1, -0.05) is 11.2 Å². The molecule has 0 aliphatic carbocycles. The van der Waals surface area contributed by atoms with Crippen molar-refractivity contribution in [2.24, 2.45) is 5.73 Å². The molecule has 8 heavy (non-hydrogen) atoms. The zero-order valence-corrected chi connectivity index (χ0v) is 5.62. The van der Waals surface area contributed by atoms with E-state index in [1.165, 1.54) is 0 Å². The van der Waals surface area contributed by atoms with Crippen LogP contribution in [0.25, 0.3) is 0 Å². The molecule has 2 N–H and O–H groups in total. The van der Waals surface area contributed by atoms with Crippen LogP contribution >= 0.6 is 0 Å². The highest BCUT2D eigenvalue weighted by Gasteiger charge is 2.18. The Hall–Kier alpha value is 0.270. The van der Waals surface area contributed by atoms with E-state index in [-0.39, 0.29) is 6.04 Å². The first kappa shape index (κ1) is 6.39. The van der Waals surface area contributed by atoms with Gasteiger partial charge in [0.15, 0.2) is 0 Å². The predicted octanol–water partition coefficient (Wildman–Crippen LogP) is -0.144. The molecule has 2 nitrogen and oxygen atoms in total. The quantitative estimate of drug-likeness (QED) is 0.467. The van der Waals surface area contributed by atoms with Gasteiger partial charge in [-0.2, -0.15) is 0 Å². The maximum atomic E-state index is 10.7. The van der Waals surface area contributed by atoms with Crippen molar-refractivity contribution in [3.05, 3.63) is 0 Å². The molecule has 0 amide bonds. The van der Waals surface area contributed by atoms with Gasteiger partial charge in [0, 0.05) is 6.04 Å². The number of hydrogen-bond donors (Lipinski definition) is 1. The monoisotopic (exact) mass is 133 g/mol. The van der Waals surface area contributed by atoms with Crippen molar-refractivity contribution >= 4 is 11.2 Å². The fourth-order valence-electron chi connectivity index (χ4n) is 0.912. The van der Waals surface area contributed by atoms with E-state index in [2.05, 4.69) is 0 Å². The average molecular weight is 133 g/mol. The molecule has 0 aromatic heterocycles. The summed E-state index contributed by atoms with van der Waals surface area (Å²) in [6.45, 7) is 0. The van der Waals surface area contributed by atoms with Crippen LogP contribution in [0.4, 0.5) is 0 Å². The third kappa shape index (κ3) is 1.65. The highest BCUT2D eigenvalue weighted by Crippen LogP contribution is 2.09. The zero-order chi connectivity index (χ0) is 5.98. The molecule has 2 atom stereocenters. The van der Waals surface area contributed by atoms with Crippen LogP contribution < -0.4 is 5.73 Å². The van der Waals surface area contributed by atoms with Crippen molar-refractivity contribution in [3.63, 3.8) is 0 Å². The minimum Gasteiger partial charge on any atom is -0.616 e. The van der Waals surface area contributed by atoms with Gasteiger partial charge in [-0.15, -0.1) is 0 Å². The highest BCUT2D eigenvalue weighted by atomic mass is 32.2. The van der Waals surface area contributed by atoms with Crippen molar-refractivity contribution in [2.45, 2.75) is 18.9 Å². The van der Waals surface area contributed by atoms with Gasteiger partial charge in [0.1, 0.15) is 11.5 Å². The summed E-state index contributed by atoms with van der Waals surface area (Å²) >= 11 is -0.595. The van der Waals surface area contributed by atoms with E-state index in [4.69, 9.17) is 5.73 Å². The Bertz CT molecular complexity index is 70.8. The first-order valence-electron chi connectivity index (χ1n) is 2.89. The lowest BCUT2D eigenvalue weighted by molar-refractivity contribution is 0.551. The second-order valence-corrected chi connectivity index (χ2v) is 3.83. The Labute approximate surface area is 52.6 Å². The summed E-state index contributed by atoms with van der Waals surface area (Å²) in [5.74, 6) is 1.59. The maximum absolute atomic E-state index is 10.7. The van der Waals surface area contributed by atoms with Crippen LogP contribution in [-0.4, -0.2) is 22.1 Å². The molecule has 3 heteroatoms. The minimum absolute atomic E-state index is 0.213. The van der Waals surface area contributed by atoms with Gasteiger partial charge in [0.05, 0.1) is 0 Å². The van der Waals surface area contributed by atoms with Crippen LogP contribution in [0.15, 0.2) is 0 Å². The van der Waals surface area contributed by atoms with E-state index in [1.54, 1.807) is 0 Å². The number of nitrogens with two attached hydrogens (primary N) is 1. The molecule has 48 valence electrons. The third-order valence-electron chi connectivity index (χ3n) is 1.35. The Morgan fingerprint density at radius 2 is 2.38 bits per heavy atom. The van der Waals surface area contributed by atoms with Crippen LogP contribution in [0, 0.1) is 0 Å². The summed E-state index contributed by atoms with van der Waals surface area (Å²) in [6.07, 6.45) is 2.11. The number of rotatable bonds is 0. The molecule has 1 heterocycles. The summed E-state index contributed by atoms with van der Waals surface area (Å²) in [6, 6.07) is 0.213. The van der Waals surface area contributed by atoms with E-state index in [1.807, 2.05) is 0 Å². The largest absolute Gasteiger partial charge is 0.616 e. The van der Waals surface area contributed by atoms with E-state index in [0.29, 0.717) is 0 Å². The molecule has 1 unspecified atom stereocenters. The normalized spacial score (nSPS) is 39.8. The average Bonchev–Trinajstić information content (AvgIpc) is 1.64. The maximum Gasteiger partial charge on any atom is 0.120 e. The molecule has 1 rings (SSSR count). The van der Waals surface area contributed by atoms with E-state index in [9.17, 15) is 4.55 Å². The molecule has 0 saturated carbocycles. The predicted molar refractivity (Wildman–Crippen MR) is 35.1 cm³/mol. The molecule has 1 aliphatic heterocycles. The van der Waals surface area contributed by atoms with Crippen LogP contribution in [0.5, 0.6) is 0 Å². The fraction of sp³-hybridized carbons (Fsp3) is 1.00. The first-order chi connectivity index (χ1) is 3.79. The molecular weight excluding hydrogens is 122 g/mol. The van der Waals surface area contributed by atoms with Gasteiger partial charge in [-0.05, 0) is 12.8 Å². The summed E-state index contributed by atoms with van der Waals surface area (Å²) in [4.78, 5) is 0. The topological polar surface area (TPSA) is 49.1 Å². The molecule has 0 bridgehead atoms. The first-order valence-corrected chi connectivity index (χ1v) is 4.38. The molecule has 1 fully saturated rings. The van der Waals surface area contributed by atoms with Gasteiger partial charge >= 0.3 is 0 Å². The van der Waals surface area contributed by atoms with Crippen LogP contribution in [-0.2, 0) is 11.2 Å². The second-order valence-electron chi connectivity index (χ2n) is 2.21. The second kappa shape index (κ2) is 2.71. The Balaban J connectivity index is 2.23. The lowest BCUT2D eigenvalue weighted by Crippen LogP contribution is -2.35. The summed E-state index contributed by atoms with van der Waals surface area (Å²) in [7, 11) is 0. The van der Waals surface area contributed by atoms with Crippen molar-refractivity contribution in [3.8, 4) is 0 Å². The number of hydrogen-bond acceptors (Lipinski definition) is 2. The Morgan fingerprint density at radius 1 is 1.62 bits per heavy atom. The van der Waals surface area contributed by atoms with E-state index in [0.717, 1.165) is 24.3 Å². The molecule has 1 saturated heterocycles. The standard InChI is InChI=1S/C5H11NOS/c6-5-2-1-3-8(7)4-5/h5H,1-4,6H2/t5?,8-/m1/s1. The Morgan fingerprint density at radius 3 is 2.75 bits per heavy atom. The molecule has 0 aromatic rings. The SMILES string of the molecule is NC1CCC[S@@+]([O-])C1. The van der Waals surface area contributed by atoms with Gasteiger partial charge in [-0.25, -0.2) is 0 Å². The molecule has 1 aliphatic rings. The van der Waals surface area contributed by atoms with Gasteiger partial charge in [-0.3, -0.25) is 0 Å². The molecule has 0 radical (unpaired) electrons. The van der Waals surface area contributed by atoms with E-state index >= 15 is 0 Å². The van der Waals surface area contributed by atoms with Crippen LogP contribution in [0.1, 0.15) is 12.8 Å². The van der Waals surface area contributed by atoms with Crippen molar-refractivity contribution in [1.29, 1.82) is 0 Å². The van der Waals surface area contributed by atoms with Crippen molar-refractivity contribution in [1.82, 2.24) is 0 Å². The highest BCUT2D eigenvalue weighted by molar-refractivity contribution is 7.91. The fourth-order valence-corrected chi connectivity index (χ4v) is 2.21. The lowest BCUT2D eigenvalue weighted by atomic mass is 10.2. The molecule has 0 spiro atoms. The van der Waals surface area contributed by atoms with Crippen molar-refractivity contribution < 1.29 is 4.55 Å². The summed E-state index contributed by atoms with van der Waals surface area (Å²) < 4.78 is 10.7. The van der Waals surface area contributed by atoms with Crippen molar-refractivity contribution in [2.75, 3.05) is 11.5 Å². The van der Waals surface area contributed by atoms with Gasteiger partial charge in [0.25, 0.3) is 0 Å². The summed E-state index contributed by atoms with van der Waals surface area (Å²) in [5.41, 5.74) is 5.53. The minimum atomic E-state index is -0.595. The molecule has 0 aromatic carbocycles. The Kier molecular flexibility index (Phi) is 2.16. The van der Waals surface area contributed by atoms with Crippen LogP contribution in [0.2, 0.25) is 0 Å². The lowest BCUT2D eigenvalue weighted by Gasteiger charge is -2.20. The van der Waals surface area contributed by atoms with Crippen LogP contribution in [0.3, 0.4) is 0 Å². The zero-order valence-electron chi connectivity index (χ0n) is 4.80. The summed E-state index contributed by atoms with van der Waals surface area (Å²) in [5, 5.41) is 0.